The van der Waals surface area contributed by atoms with Crippen LogP contribution < -0.4 is 0 Å². The van der Waals surface area contributed by atoms with E-state index in [2.05, 4.69) is 34.6 Å². The molecule has 0 radical (unpaired) electrons. The van der Waals surface area contributed by atoms with E-state index in [1.165, 1.54) is 334 Å². The van der Waals surface area contributed by atoms with Crippen molar-refractivity contribution in [3.8, 4) is 0 Å². The quantitative estimate of drug-likeness (QED) is 0.0222. The number of phosphoric acid groups is 2. The van der Waals surface area contributed by atoms with Crippen LogP contribution in [-0.2, 0) is 65.4 Å². The third-order valence-electron chi connectivity index (χ3n) is 22.0. The van der Waals surface area contributed by atoms with E-state index in [0.717, 1.165) is 95.8 Å². The number of unbranched alkanes of at least 4 members (excludes halogenated alkanes) is 65. The summed E-state index contributed by atoms with van der Waals surface area (Å²) in [4.78, 5) is 73.5. The van der Waals surface area contributed by atoms with E-state index < -0.39 is 97.5 Å². The molecule has 0 heterocycles. The average molecular weight is 1630 g/mol. The SMILES string of the molecule is CCCCCCCCCCCCCCCCCCCCCCCC(=O)OC[C@H](COP(=O)(O)OC[C@@H](O)COP(=O)(O)OC[C@@H](COC(=O)CCCCCCCCCCCC(C)C)OC(=O)CCCCCCCCCCCCCCCCCCCC)OC(=O)CCCCCCCCCCCCCCCCCCCCCCC. The summed E-state index contributed by atoms with van der Waals surface area (Å²) >= 11 is 0. The zero-order chi connectivity index (χ0) is 81.8. The number of ether oxygens (including phenoxy) is 4. The normalized spacial score (nSPS) is 13.7. The highest BCUT2D eigenvalue weighted by Gasteiger charge is 2.31. The van der Waals surface area contributed by atoms with Gasteiger partial charge in [0.2, 0.25) is 0 Å². The largest absolute Gasteiger partial charge is 0.472 e. The molecular weight excluding hydrogens is 1450 g/mol. The molecule has 112 heavy (non-hydrogen) atoms. The van der Waals surface area contributed by atoms with Gasteiger partial charge in [0.25, 0.3) is 0 Å². The Morgan fingerprint density at radius 1 is 0.241 bits per heavy atom. The molecule has 19 heteroatoms. The van der Waals surface area contributed by atoms with E-state index >= 15 is 0 Å². The first-order chi connectivity index (χ1) is 54.5. The minimum absolute atomic E-state index is 0.109. The number of rotatable bonds is 93. The number of phosphoric ester groups is 2. The fourth-order valence-corrected chi connectivity index (χ4v) is 16.3. The molecule has 0 rings (SSSR count). The number of carbonyl (C=O) groups excluding carboxylic acids is 4. The predicted octanol–water partition coefficient (Wildman–Crippen LogP) is 29.1. The second-order valence-electron chi connectivity index (χ2n) is 33.9. The van der Waals surface area contributed by atoms with Gasteiger partial charge < -0.3 is 33.8 Å². The Morgan fingerprint density at radius 3 is 0.607 bits per heavy atom. The number of esters is 4. The van der Waals surface area contributed by atoms with E-state index in [1.54, 1.807) is 0 Å². The molecule has 0 amide bonds. The van der Waals surface area contributed by atoms with Crippen LogP contribution in [0.3, 0.4) is 0 Å². The van der Waals surface area contributed by atoms with Gasteiger partial charge in [-0.2, -0.15) is 0 Å². The summed E-state index contributed by atoms with van der Waals surface area (Å²) in [6.07, 6.45) is 82.2. The molecule has 0 fully saturated rings. The lowest BCUT2D eigenvalue weighted by molar-refractivity contribution is -0.161. The van der Waals surface area contributed by atoms with Gasteiger partial charge in [0, 0.05) is 25.7 Å². The Kier molecular flexibility index (Phi) is 84.0. The maximum atomic E-state index is 13.2. The summed E-state index contributed by atoms with van der Waals surface area (Å²) in [5.41, 5.74) is 0. The molecule has 0 bridgehead atoms. The van der Waals surface area contributed by atoms with Crippen LogP contribution in [0.5, 0.6) is 0 Å². The van der Waals surface area contributed by atoms with Crippen LogP contribution in [0, 0.1) is 5.92 Å². The molecule has 0 saturated heterocycles. The van der Waals surface area contributed by atoms with Gasteiger partial charge in [-0.15, -0.1) is 0 Å². The lowest BCUT2D eigenvalue weighted by atomic mass is 10.0. The summed E-state index contributed by atoms with van der Waals surface area (Å²) in [5.74, 6) is -1.35. The molecule has 17 nitrogen and oxygen atoms in total. The molecule has 3 N–H and O–H groups in total. The highest BCUT2D eigenvalue weighted by molar-refractivity contribution is 7.47. The zero-order valence-electron chi connectivity index (χ0n) is 73.8. The van der Waals surface area contributed by atoms with Crippen molar-refractivity contribution >= 4 is 39.5 Å². The average Bonchev–Trinajstić information content (AvgIpc) is 0.897. The first-order valence-corrected chi connectivity index (χ1v) is 51.1. The number of hydrogen-bond donors (Lipinski definition) is 3. The number of carbonyl (C=O) groups is 4. The summed E-state index contributed by atoms with van der Waals surface area (Å²) in [5, 5.41) is 10.7. The summed E-state index contributed by atoms with van der Waals surface area (Å²) < 4.78 is 69.1. The van der Waals surface area contributed by atoms with Crippen LogP contribution in [-0.4, -0.2) is 96.7 Å². The Bertz CT molecular complexity index is 2120. The maximum Gasteiger partial charge on any atom is 0.472 e. The monoisotopic (exact) mass is 1630 g/mol. The van der Waals surface area contributed by atoms with E-state index in [4.69, 9.17) is 37.0 Å². The molecule has 0 saturated carbocycles. The maximum absolute atomic E-state index is 13.2. The molecule has 666 valence electrons. The molecule has 2 unspecified atom stereocenters. The van der Waals surface area contributed by atoms with Crippen molar-refractivity contribution in [2.24, 2.45) is 5.92 Å². The first-order valence-electron chi connectivity index (χ1n) is 48.1. The van der Waals surface area contributed by atoms with Gasteiger partial charge in [0.1, 0.15) is 19.3 Å². The van der Waals surface area contributed by atoms with Crippen molar-refractivity contribution in [1.29, 1.82) is 0 Å². The lowest BCUT2D eigenvalue weighted by Gasteiger charge is -2.21. The fraction of sp³-hybridized carbons (Fsp3) is 0.957. The highest BCUT2D eigenvalue weighted by atomic mass is 31.2. The number of hydrogen-bond acceptors (Lipinski definition) is 15. The van der Waals surface area contributed by atoms with Crippen molar-refractivity contribution < 1.29 is 80.2 Å². The van der Waals surface area contributed by atoms with Gasteiger partial charge in [-0.1, -0.05) is 458 Å². The van der Waals surface area contributed by atoms with E-state index in [9.17, 15) is 43.2 Å². The van der Waals surface area contributed by atoms with Crippen LogP contribution in [0.1, 0.15) is 510 Å². The predicted molar refractivity (Wildman–Crippen MR) is 465 cm³/mol. The van der Waals surface area contributed by atoms with Crippen molar-refractivity contribution in [2.45, 2.75) is 528 Å². The Morgan fingerprint density at radius 2 is 0.411 bits per heavy atom. The molecule has 0 aliphatic rings. The van der Waals surface area contributed by atoms with Gasteiger partial charge in [0.05, 0.1) is 26.4 Å². The molecule has 0 aliphatic carbocycles. The topological polar surface area (TPSA) is 237 Å². The van der Waals surface area contributed by atoms with Gasteiger partial charge in [-0.05, 0) is 31.6 Å². The van der Waals surface area contributed by atoms with Crippen LogP contribution in [0.4, 0.5) is 0 Å². The zero-order valence-corrected chi connectivity index (χ0v) is 75.6. The van der Waals surface area contributed by atoms with E-state index in [0.29, 0.717) is 25.7 Å². The number of aliphatic hydroxyl groups excluding tert-OH is 1. The molecule has 0 aromatic rings. The Labute approximate surface area is 689 Å². The minimum Gasteiger partial charge on any atom is -0.462 e. The molecule has 0 aromatic carbocycles. The van der Waals surface area contributed by atoms with Crippen molar-refractivity contribution in [3.05, 3.63) is 0 Å². The van der Waals surface area contributed by atoms with E-state index in [1.807, 2.05) is 0 Å². The van der Waals surface area contributed by atoms with Gasteiger partial charge in [-0.3, -0.25) is 37.3 Å². The minimum atomic E-state index is -4.97. The summed E-state index contributed by atoms with van der Waals surface area (Å²) in [7, 11) is -9.94. The van der Waals surface area contributed by atoms with Crippen molar-refractivity contribution in [2.75, 3.05) is 39.6 Å². The third kappa shape index (κ3) is 85.9. The molecule has 0 aromatic heterocycles. The Balaban J connectivity index is 5.24. The van der Waals surface area contributed by atoms with Crippen molar-refractivity contribution in [3.63, 3.8) is 0 Å². The second-order valence-corrected chi connectivity index (χ2v) is 36.8. The van der Waals surface area contributed by atoms with E-state index in [-0.39, 0.29) is 25.7 Å². The first kappa shape index (κ1) is 110. The molecular formula is C93H182O17P2. The van der Waals surface area contributed by atoms with Crippen LogP contribution in [0.25, 0.3) is 0 Å². The summed E-state index contributed by atoms with van der Waals surface area (Å²) in [6.45, 7) is 7.39. The van der Waals surface area contributed by atoms with Crippen LogP contribution in [0.15, 0.2) is 0 Å². The smallest absolute Gasteiger partial charge is 0.462 e. The standard InChI is InChI=1S/C93H182O17P2/c1-6-9-12-15-18-21-24-27-30-33-36-38-40-43-45-48-51-56-61-66-71-76-90(95)103-82-88(109-92(97)78-74-69-64-58-53-50-47-44-41-39-37-34-31-28-25-22-19-16-13-10-7-2)84-107-111(99,100)105-80-87(94)81-106-112(101,102)108-85-89(83-104-91(96)77-72-67-62-59-54-55-60-65-70-75-86(4)5)110-93(98)79-73-68-63-57-52-49-46-42-35-32-29-26-23-20-17-14-11-8-3/h86-89,94H,6-85H2,1-5H3,(H,99,100)(H,101,102)/t87-,88-,89-/m1/s1. The fourth-order valence-electron chi connectivity index (χ4n) is 14.7. The van der Waals surface area contributed by atoms with Crippen LogP contribution in [0.2, 0.25) is 0 Å². The highest BCUT2D eigenvalue weighted by Crippen LogP contribution is 2.45. The van der Waals surface area contributed by atoms with Crippen LogP contribution >= 0.6 is 15.6 Å². The van der Waals surface area contributed by atoms with Gasteiger partial charge >= 0.3 is 39.5 Å². The van der Waals surface area contributed by atoms with Crippen molar-refractivity contribution in [1.82, 2.24) is 0 Å². The Hall–Kier alpha value is -1.94. The third-order valence-corrected chi connectivity index (χ3v) is 23.9. The lowest BCUT2D eigenvalue weighted by Crippen LogP contribution is -2.30. The number of aliphatic hydroxyl groups is 1. The molecule has 0 spiro atoms. The summed E-state index contributed by atoms with van der Waals surface area (Å²) in [6, 6.07) is 0. The second kappa shape index (κ2) is 85.5. The molecule has 0 aliphatic heterocycles. The molecule has 5 atom stereocenters. The van der Waals surface area contributed by atoms with Gasteiger partial charge in [-0.25, -0.2) is 9.13 Å². The van der Waals surface area contributed by atoms with Gasteiger partial charge in [0.15, 0.2) is 12.2 Å².